The molecule has 8 atom stereocenters. The summed E-state index contributed by atoms with van der Waals surface area (Å²) in [5, 5.41) is 0. The Kier molecular flexibility index (Phi) is 9.69. The average molecular weight is 489 g/mol. The van der Waals surface area contributed by atoms with E-state index >= 15 is 0 Å². The summed E-state index contributed by atoms with van der Waals surface area (Å²) in [5.74, 6) is 5.07. The van der Waals surface area contributed by atoms with Gasteiger partial charge in [0.2, 0.25) is 0 Å². The maximum atomic E-state index is 11.0. The Morgan fingerprint density at radius 3 is 2.47 bits per heavy atom. The van der Waals surface area contributed by atoms with Crippen molar-refractivity contribution >= 4 is 11.0 Å². The first kappa shape index (κ1) is 27.9. The fourth-order valence-corrected chi connectivity index (χ4v) is 9.23. The zero-order valence-corrected chi connectivity index (χ0v) is 25.5. The molecule has 0 radical (unpaired) electrons. The number of hydrogen-bond donors (Lipinski definition) is 0. The average Bonchev–Trinajstić information content (AvgIpc) is 3.05. The van der Waals surface area contributed by atoms with E-state index in [1.54, 1.807) is 0 Å². The van der Waals surface area contributed by atoms with Crippen molar-refractivity contribution in [1.82, 2.24) is 0 Å². The molecule has 4 aliphatic rings. The predicted octanol–water partition coefficient (Wildman–Crippen LogP) is 4.64. The van der Waals surface area contributed by atoms with Crippen molar-refractivity contribution in [1.29, 1.82) is 0 Å². The molecule has 0 unspecified atom stereocenters. The summed E-state index contributed by atoms with van der Waals surface area (Å²) >= 11 is 0. The second kappa shape index (κ2) is 11.1. The fraction of sp³-hybridized carbons (Fsp3) is 0.926. The van der Waals surface area contributed by atoms with Crippen LogP contribution in [0.3, 0.4) is 0 Å². The second-order valence-electron chi connectivity index (χ2n) is 12.5. The zero-order chi connectivity index (χ0) is 22.4. The molecule has 0 heterocycles. The molecule has 0 saturated heterocycles. The second-order valence-corrected chi connectivity index (χ2v) is 13.1. The summed E-state index contributed by atoms with van der Waals surface area (Å²) in [5.41, 5.74) is 2.28. The molecule has 0 aliphatic heterocycles. The van der Waals surface area contributed by atoms with Gasteiger partial charge in [0.25, 0.3) is 0 Å². The van der Waals surface area contributed by atoms with Gasteiger partial charge in [0.05, 0.1) is 11.0 Å². The molecule has 3 nitrogen and oxygen atoms in total. The molecule has 0 spiro atoms. The molecule has 0 aromatic heterocycles. The first-order chi connectivity index (χ1) is 14.6. The summed E-state index contributed by atoms with van der Waals surface area (Å²) in [7, 11) is -2.40. The summed E-state index contributed by atoms with van der Waals surface area (Å²) in [6.07, 6.45) is 16.1. The van der Waals surface area contributed by atoms with E-state index in [1.807, 2.05) is 0 Å². The van der Waals surface area contributed by atoms with Crippen LogP contribution in [0, 0.1) is 46.3 Å². The van der Waals surface area contributed by atoms with Gasteiger partial charge in [-0.3, -0.25) is 0 Å². The van der Waals surface area contributed by atoms with E-state index in [-0.39, 0.29) is 62.9 Å². The van der Waals surface area contributed by atoms with Crippen LogP contribution in [0.25, 0.3) is 0 Å². The van der Waals surface area contributed by atoms with Crippen molar-refractivity contribution in [2.45, 2.75) is 111 Å². The van der Waals surface area contributed by atoms with Gasteiger partial charge >= 0.3 is 51.4 Å². The van der Waals surface area contributed by atoms with Crippen molar-refractivity contribution in [3.8, 4) is 0 Å². The number of hydrogen-bond acceptors (Lipinski definition) is 4. The van der Waals surface area contributed by atoms with Crippen LogP contribution >= 0.6 is 0 Å². The van der Waals surface area contributed by atoms with Crippen LogP contribution < -0.4 is 51.4 Å². The van der Waals surface area contributed by atoms with Gasteiger partial charge < -0.3 is 12.6 Å². The van der Waals surface area contributed by atoms with Gasteiger partial charge in [-0.15, -0.1) is 0 Å². The third-order valence-corrected chi connectivity index (χ3v) is 10.9. The fourth-order valence-electron chi connectivity index (χ4n) is 8.85. The maximum absolute atomic E-state index is 11.0. The van der Waals surface area contributed by atoms with Crippen molar-refractivity contribution in [2.24, 2.45) is 46.3 Å². The Morgan fingerprint density at radius 2 is 1.78 bits per heavy atom. The summed E-state index contributed by atoms with van der Waals surface area (Å²) in [6.45, 7) is 12.4. The third-order valence-electron chi connectivity index (χ3n) is 10.5. The number of allylic oxidation sites excluding steroid dienone is 1. The van der Waals surface area contributed by atoms with Crippen molar-refractivity contribution in [3.05, 3.63) is 11.6 Å². The minimum absolute atomic E-state index is 0. The molecule has 0 bridgehead atoms. The van der Waals surface area contributed by atoms with Gasteiger partial charge in [0.15, 0.2) is 0 Å². The molecular weight excluding hydrogens is 443 g/mol. The van der Waals surface area contributed by atoms with Crippen LogP contribution in [-0.4, -0.2) is 6.10 Å². The predicted molar refractivity (Wildman–Crippen MR) is 127 cm³/mol. The minimum Gasteiger partial charge on any atom is -0.421 e. The molecule has 5 heteroatoms. The summed E-state index contributed by atoms with van der Waals surface area (Å²) in [6, 6.07) is 0. The quantitative estimate of drug-likeness (QED) is 0.298. The molecule has 0 N–H and O–H groups in total. The van der Waals surface area contributed by atoms with Crippen molar-refractivity contribution in [3.63, 3.8) is 0 Å². The normalized spacial score (nSPS) is 42.0. The van der Waals surface area contributed by atoms with Crippen molar-refractivity contribution < 1.29 is 64.0 Å². The van der Waals surface area contributed by atoms with Crippen molar-refractivity contribution in [2.75, 3.05) is 0 Å². The largest absolute Gasteiger partial charge is 1.00 e. The molecule has 4 aliphatic carbocycles. The van der Waals surface area contributed by atoms with Crippen LogP contribution in [0.4, 0.5) is 0 Å². The Hall–Kier alpha value is 1.29. The van der Waals surface area contributed by atoms with E-state index in [0.717, 1.165) is 54.8 Å². The van der Waals surface area contributed by atoms with Gasteiger partial charge in [0.1, 0.15) is 0 Å². The monoisotopic (exact) mass is 488 g/mol. The number of fused-ring (bicyclic) bond motifs is 5. The minimum atomic E-state index is -2.40. The smallest absolute Gasteiger partial charge is 0.421 e. The molecule has 178 valence electrons. The molecule has 0 aromatic carbocycles. The Morgan fingerprint density at radius 1 is 1.03 bits per heavy atom. The molecule has 0 amide bonds. The van der Waals surface area contributed by atoms with E-state index in [4.69, 9.17) is 4.18 Å². The van der Waals surface area contributed by atoms with Crippen LogP contribution in [0.1, 0.15) is 105 Å². The van der Waals surface area contributed by atoms with Gasteiger partial charge in [-0.05, 0) is 97.7 Å². The first-order valence-corrected chi connectivity index (χ1v) is 14.1. The van der Waals surface area contributed by atoms with Gasteiger partial charge in [-0.2, -0.15) is 0 Å². The third kappa shape index (κ3) is 5.34. The Labute approximate surface area is 241 Å². The van der Waals surface area contributed by atoms with Crippen LogP contribution in [-0.2, 0) is 23.6 Å². The van der Waals surface area contributed by atoms with E-state index in [0.29, 0.717) is 5.41 Å². The molecule has 3 fully saturated rings. The summed E-state index contributed by atoms with van der Waals surface area (Å²) < 4.78 is 27.2. The molecular formula is C27H45KO3S. The Balaban J connectivity index is 0.00000289. The summed E-state index contributed by atoms with van der Waals surface area (Å²) in [4.78, 5) is 0. The SMILES string of the molecule is CC(C)CCC[C@@H](C)[C@H]1CC[C@H]2[C@@H]3CC=C4C[C@@H](O[S-](=O)=O)CC[C@]4(C)[C@H]3CC[C@]12C.[K+]. The van der Waals surface area contributed by atoms with Crippen LogP contribution in [0.5, 0.6) is 0 Å². The molecule has 0 aromatic rings. The van der Waals surface area contributed by atoms with Crippen LogP contribution in [0.2, 0.25) is 0 Å². The van der Waals surface area contributed by atoms with E-state index in [1.165, 1.54) is 56.9 Å². The van der Waals surface area contributed by atoms with Gasteiger partial charge in [-0.1, -0.05) is 65.5 Å². The van der Waals surface area contributed by atoms with E-state index in [2.05, 4.69) is 40.7 Å². The molecule has 4 rings (SSSR count). The molecule has 3 saturated carbocycles. The molecule has 32 heavy (non-hydrogen) atoms. The van der Waals surface area contributed by atoms with E-state index in [9.17, 15) is 8.42 Å². The van der Waals surface area contributed by atoms with Crippen LogP contribution in [0.15, 0.2) is 11.6 Å². The van der Waals surface area contributed by atoms with E-state index < -0.39 is 11.0 Å². The maximum Gasteiger partial charge on any atom is 1.00 e. The standard InChI is InChI=1S/C27H45O3S.K/c1-18(2)7-6-8-19(3)23-11-12-24-22-10-9-20-17-21(30-31(28)29)13-15-26(20,4)25(22)14-16-27(23,24)5;/h9,18-19,21-25H,6-8,10-17H2,1-5H3;/q-1;+1/t19-,21+,22+,23-,24+,25+,26+,27-;/m1./s1. The first-order valence-electron chi connectivity index (χ1n) is 13.1. The zero-order valence-electron chi connectivity index (χ0n) is 21.5. The van der Waals surface area contributed by atoms with Gasteiger partial charge in [0, 0.05) is 6.10 Å². The topological polar surface area (TPSA) is 43.4 Å². The van der Waals surface area contributed by atoms with Gasteiger partial charge in [-0.25, -0.2) is 0 Å². The number of rotatable bonds is 7. The Bertz CT molecular complexity index is 754.